The number of methoxy groups -OCH3 is 1. The summed E-state index contributed by atoms with van der Waals surface area (Å²) in [6, 6.07) is 18.5. The summed E-state index contributed by atoms with van der Waals surface area (Å²) in [5.41, 5.74) is 10.9. The molecule has 0 spiro atoms. The molecule has 3 aromatic carbocycles. The topological polar surface area (TPSA) is 96.5 Å². The molecule has 1 aromatic heterocycles. The molecule has 0 unspecified atom stereocenters. The highest BCUT2D eigenvalue weighted by Crippen LogP contribution is 2.27. The SMILES string of the molecule is COc1cc(C=Nc2ccc(-c3nc4ccc(N)cc4[nH]3)cc2)ccc1O. The second-order valence-electron chi connectivity index (χ2n) is 6.10. The molecule has 0 saturated carbocycles. The maximum atomic E-state index is 9.64. The number of rotatable bonds is 4. The van der Waals surface area contributed by atoms with Crippen LogP contribution in [0.2, 0.25) is 0 Å². The molecule has 6 nitrogen and oxygen atoms in total. The highest BCUT2D eigenvalue weighted by Gasteiger charge is 2.06. The largest absolute Gasteiger partial charge is 0.504 e. The number of hydrogen-bond donors (Lipinski definition) is 3. The van der Waals surface area contributed by atoms with E-state index in [1.807, 2.05) is 42.5 Å². The number of aromatic hydroxyl groups is 1. The van der Waals surface area contributed by atoms with Crippen LogP contribution in [0, 0.1) is 0 Å². The number of fused-ring (bicyclic) bond motifs is 1. The van der Waals surface area contributed by atoms with Gasteiger partial charge < -0.3 is 20.6 Å². The summed E-state index contributed by atoms with van der Waals surface area (Å²) in [5, 5.41) is 9.64. The van der Waals surface area contributed by atoms with Gasteiger partial charge in [-0.25, -0.2) is 4.98 Å². The second kappa shape index (κ2) is 6.84. The van der Waals surface area contributed by atoms with Gasteiger partial charge in [0.05, 0.1) is 23.8 Å². The number of phenols is 1. The number of imidazole rings is 1. The molecule has 134 valence electrons. The number of nitrogens with one attached hydrogen (secondary N) is 1. The number of nitrogens with zero attached hydrogens (tertiary/aromatic N) is 2. The number of anilines is 1. The van der Waals surface area contributed by atoms with Crippen molar-refractivity contribution in [2.75, 3.05) is 12.8 Å². The van der Waals surface area contributed by atoms with Crippen LogP contribution in [-0.4, -0.2) is 28.4 Å². The summed E-state index contributed by atoms with van der Waals surface area (Å²) < 4.78 is 5.10. The monoisotopic (exact) mass is 358 g/mol. The Kier molecular flexibility index (Phi) is 4.22. The van der Waals surface area contributed by atoms with Crippen molar-refractivity contribution in [3.8, 4) is 22.9 Å². The Bertz CT molecular complexity index is 1130. The van der Waals surface area contributed by atoms with Crippen molar-refractivity contribution in [3.63, 3.8) is 0 Å². The van der Waals surface area contributed by atoms with Crippen molar-refractivity contribution in [1.82, 2.24) is 9.97 Å². The van der Waals surface area contributed by atoms with Crippen LogP contribution in [0.15, 0.2) is 65.7 Å². The first-order chi connectivity index (χ1) is 13.1. The van der Waals surface area contributed by atoms with Crippen LogP contribution < -0.4 is 10.5 Å². The number of benzene rings is 3. The first kappa shape index (κ1) is 16.7. The minimum atomic E-state index is 0.103. The lowest BCUT2D eigenvalue weighted by molar-refractivity contribution is 0.373. The van der Waals surface area contributed by atoms with Gasteiger partial charge >= 0.3 is 0 Å². The lowest BCUT2D eigenvalue weighted by Crippen LogP contribution is -1.87. The van der Waals surface area contributed by atoms with Gasteiger partial charge in [-0.2, -0.15) is 0 Å². The molecule has 27 heavy (non-hydrogen) atoms. The minimum absolute atomic E-state index is 0.103. The smallest absolute Gasteiger partial charge is 0.161 e. The molecule has 4 aromatic rings. The fourth-order valence-corrected chi connectivity index (χ4v) is 2.79. The molecule has 0 bridgehead atoms. The first-order valence-electron chi connectivity index (χ1n) is 8.39. The number of nitrogen functional groups attached to an aromatic ring is 1. The summed E-state index contributed by atoms with van der Waals surface area (Å²) in [7, 11) is 1.51. The molecule has 0 radical (unpaired) electrons. The van der Waals surface area contributed by atoms with Gasteiger partial charge in [0.2, 0.25) is 0 Å². The third-order valence-corrected chi connectivity index (χ3v) is 4.21. The molecule has 4 N–H and O–H groups in total. The van der Waals surface area contributed by atoms with Crippen LogP contribution in [0.3, 0.4) is 0 Å². The molecular formula is C21H18N4O2. The van der Waals surface area contributed by atoms with Crippen molar-refractivity contribution in [1.29, 1.82) is 0 Å². The Balaban J connectivity index is 1.56. The summed E-state index contributed by atoms with van der Waals surface area (Å²) >= 11 is 0. The lowest BCUT2D eigenvalue weighted by Gasteiger charge is -2.03. The van der Waals surface area contributed by atoms with Crippen molar-refractivity contribution in [2.24, 2.45) is 4.99 Å². The number of ether oxygens (including phenoxy) is 1. The van der Waals surface area contributed by atoms with Gasteiger partial charge in [0.15, 0.2) is 11.5 Å². The molecule has 6 heteroatoms. The number of phenolic OH excluding ortho intramolecular Hbond substituents is 1. The minimum Gasteiger partial charge on any atom is -0.504 e. The summed E-state index contributed by atoms with van der Waals surface area (Å²) in [4.78, 5) is 12.3. The van der Waals surface area contributed by atoms with E-state index < -0.39 is 0 Å². The molecule has 1 heterocycles. The average Bonchev–Trinajstić information content (AvgIpc) is 3.11. The molecule has 0 aliphatic rings. The number of nitrogens with two attached hydrogens (primary N) is 1. The van der Waals surface area contributed by atoms with Crippen molar-refractivity contribution in [2.45, 2.75) is 0 Å². The van der Waals surface area contributed by atoms with Gasteiger partial charge in [0, 0.05) is 17.5 Å². The molecule has 0 amide bonds. The molecule has 4 rings (SSSR count). The fraction of sp³-hybridized carbons (Fsp3) is 0.0476. The Labute approximate surface area is 156 Å². The molecule has 0 saturated heterocycles. The first-order valence-corrected chi connectivity index (χ1v) is 8.39. The Morgan fingerprint density at radius 3 is 2.67 bits per heavy atom. The zero-order valence-electron chi connectivity index (χ0n) is 14.7. The van der Waals surface area contributed by atoms with E-state index in [2.05, 4.69) is 15.0 Å². The number of aromatic amines is 1. The highest BCUT2D eigenvalue weighted by molar-refractivity contribution is 5.84. The van der Waals surface area contributed by atoms with Crippen LogP contribution in [0.4, 0.5) is 11.4 Å². The van der Waals surface area contributed by atoms with E-state index >= 15 is 0 Å². The van der Waals surface area contributed by atoms with E-state index in [1.54, 1.807) is 24.4 Å². The van der Waals surface area contributed by atoms with Gasteiger partial charge in [-0.1, -0.05) is 0 Å². The zero-order chi connectivity index (χ0) is 18.8. The van der Waals surface area contributed by atoms with E-state index in [4.69, 9.17) is 10.5 Å². The van der Waals surface area contributed by atoms with E-state index in [0.29, 0.717) is 11.4 Å². The van der Waals surface area contributed by atoms with Crippen LogP contribution >= 0.6 is 0 Å². The lowest BCUT2D eigenvalue weighted by atomic mass is 10.2. The second-order valence-corrected chi connectivity index (χ2v) is 6.10. The molecular weight excluding hydrogens is 340 g/mol. The van der Waals surface area contributed by atoms with Gasteiger partial charge in [-0.15, -0.1) is 0 Å². The standard InChI is InChI=1S/C21H18N4O2/c1-27-20-10-13(2-9-19(20)26)12-23-16-6-3-14(4-7-16)21-24-17-8-5-15(22)11-18(17)25-21/h2-12,26H,22H2,1H3,(H,24,25). The quantitative estimate of drug-likeness (QED) is 0.375. The number of H-pyrrole nitrogens is 1. The third kappa shape index (κ3) is 3.46. The van der Waals surface area contributed by atoms with Crippen LogP contribution in [0.25, 0.3) is 22.4 Å². The summed E-state index contributed by atoms with van der Waals surface area (Å²) in [6.45, 7) is 0. The summed E-state index contributed by atoms with van der Waals surface area (Å²) in [6.07, 6.45) is 1.72. The fourth-order valence-electron chi connectivity index (χ4n) is 2.79. The van der Waals surface area contributed by atoms with E-state index in [0.717, 1.165) is 33.7 Å². The predicted molar refractivity (Wildman–Crippen MR) is 108 cm³/mol. The molecule has 0 aliphatic heterocycles. The highest BCUT2D eigenvalue weighted by atomic mass is 16.5. The molecule has 0 aliphatic carbocycles. The Morgan fingerprint density at radius 1 is 1.07 bits per heavy atom. The van der Waals surface area contributed by atoms with Gasteiger partial charge in [0.1, 0.15) is 5.82 Å². The van der Waals surface area contributed by atoms with Crippen LogP contribution in [0.5, 0.6) is 11.5 Å². The Hall–Kier alpha value is -3.80. The van der Waals surface area contributed by atoms with Crippen molar-refractivity contribution < 1.29 is 9.84 Å². The number of hydrogen-bond acceptors (Lipinski definition) is 5. The number of aromatic nitrogens is 2. The predicted octanol–water partition coefficient (Wildman–Crippen LogP) is 4.28. The number of aliphatic imine (C=N–C) groups is 1. The van der Waals surface area contributed by atoms with Crippen LogP contribution in [-0.2, 0) is 0 Å². The summed E-state index contributed by atoms with van der Waals surface area (Å²) in [5.74, 6) is 1.31. The average molecular weight is 358 g/mol. The van der Waals surface area contributed by atoms with Gasteiger partial charge in [0.25, 0.3) is 0 Å². The Morgan fingerprint density at radius 2 is 1.89 bits per heavy atom. The zero-order valence-corrected chi connectivity index (χ0v) is 14.7. The molecule has 0 atom stereocenters. The van der Waals surface area contributed by atoms with Crippen LogP contribution in [0.1, 0.15) is 5.56 Å². The normalized spacial score (nSPS) is 11.3. The third-order valence-electron chi connectivity index (χ3n) is 4.21. The van der Waals surface area contributed by atoms with Crippen molar-refractivity contribution in [3.05, 3.63) is 66.2 Å². The molecule has 0 fully saturated rings. The van der Waals surface area contributed by atoms with Crippen molar-refractivity contribution >= 4 is 28.6 Å². The maximum Gasteiger partial charge on any atom is 0.161 e. The van der Waals surface area contributed by atoms with Gasteiger partial charge in [-0.3, -0.25) is 4.99 Å². The maximum absolute atomic E-state index is 9.64. The van der Waals surface area contributed by atoms with E-state index in [1.165, 1.54) is 7.11 Å². The van der Waals surface area contributed by atoms with E-state index in [-0.39, 0.29) is 5.75 Å². The van der Waals surface area contributed by atoms with E-state index in [9.17, 15) is 5.11 Å². The van der Waals surface area contributed by atoms with Gasteiger partial charge in [-0.05, 0) is 66.2 Å².